The van der Waals surface area contributed by atoms with Crippen LogP contribution in [0.4, 0.5) is 0 Å². The van der Waals surface area contributed by atoms with E-state index in [1.807, 2.05) is 65.0 Å². The van der Waals surface area contributed by atoms with Crippen LogP contribution < -0.4 is 10.6 Å². The lowest BCUT2D eigenvalue weighted by Gasteiger charge is -2.32. The zero-order valence-corrected chi connectivity index (χ0v) is 23.5. The number of hydrogen-bond donors (Lipinski definition) is 3. The monoisotopic (exact) mass is 531 g/mol. The second-order valence-electron chi connectivity index (χ2n) is 10.3. The number of sulfonamides is 1. The van der Waals surface area contributed by atoms with Crippen molar-refractivity contribution in [3.8, 4) is 0 Å². The van der Waals surface area contributed by atoms with Crippen LogP contribution in [0, 0.1) is 18.8 Å². The summed E-state index contributed by atoms with van der Waals surface area (Å²) in [6.45, 7) is 10.7. The molecule has 37 heavy (non-hydrogen) atoms. The van der Waals surface area contributed by atoms with Gasteiger partial charge < -0.3 is 15.7 Å². The Labute approximate surface area is 221 Å². The van der Waals surface area contributed by atoms with Crippen LogP contribution in [0.2, 0.25) is 0 Å². The Morgan fingerprint density at radius 2 is 1.51 bits per heavy atom. The van der Waals surface area contributed by atoms with E-state index in [2.05, 4.69) is 10.6 Å². The van der Waals surface area contributed by atoms with Gasteiger partial charge in [-0.1, -0.05) is 75.7 Å². The summed E-state index contributed by atoms with van der Waals surface area (Å²) in [6, 6.07) is 14.4. The predicted molar refractivity (Wildman–Crippen MR) is 145 cm³/mol. The average molecular weight is 532 g/mol. The molecule has 0 aliphatic carbocycles. The highest BCUT2D eigenvalue weighted by molar-refractivity contribution is 7.89. The number of aliphatic hydroxyl groups excluding tert-OH is 1. The summed E-state index contributed by atoms with van der Waals surface area (Å²) >= 11 is 0. The molecule has 204 valence electrons. The van der Waals surface area contributed by atoms with Crippen molar-refractivity contribution in [1.82, 2.24) is 14.9 Å². The molecule has 0 aliphatic rings. The first-order valence-electron chi connectivity index (χ1n) is 12.7. The molecule has 8 nitrogen and oxygen atoms in total. The third-order valence-corrected chi connectivity index (χ3v) is 7.86. The van der Waals surface area contributed by atoms with Crippen molar-refractivity contribution in [3.63, 3.8) is 0 Å². The number of amides is 2. The van der Waals surface area contributed by atoms with Gasteiger partial charge in [0.05, 0.1) is 17.0 Å². The molecule has 2 aromatic rings. The minimum atomic E-state index is -3.88. The third kappa shape index (κ3) is 9.25. The van der Waals surface area contributed by atoms with Gasteiger partial charge in [-0.3, -0.25) is 9.59 Å². The van der Waals surface area contributed by atoms with Gasteiger partial charge in [0.15, 0.2) is 0 Å². The quantitative estimate of drug-likeness (QED) is 0.368. The van der Waals surface area contributed by atoms with Gasteiger partial charge in [0.1, 0.15) is 6.04 Å². The molecule has 1 unspecified atom stereocenters. The van der Waals surface area contributed by atoms with E-state index in [1.54, 1.807) is 24.3 Å². The third-order valence-electron chi connectivity index (χ3n) is 6.02. The Morgan fingerprint density at radius 3 is 2.03 bits per heavy atom. The van der Waals surface area contributed by atoms with E-state index in [4.69, 9.17) is 0 Å². The maximum atomic E-state index is 13.5. The number of rotatable bonds is 13. The number of nitrogens with one attached hydrogen (secondary N) is 2. The summed E-state index contributed by atoms with van der Waals surface area (Å²) < 4.78 is 28.3. The van der Waals surface area contributed by atoms with Crippen molar-refractivity contribution in [2.75, 3.05) is 13.1 Å². The smallest absolute Gasteiger partial charge is 0.243 e. The summed E-state index contributed by atoms with van der Waals surface area (Å²) in [6.07, 6.45) is -0.910. The van der Waals surface area contributed by atoms with Crippen LogP contribution in [0.25, 0.3) is 0 Å². The molecule has 0 heterocycles. The topological polar surface area (TPSA) is 116 Å². The van der Waals surface area contributed by atoms with Gasteiger partial charge in [0.25, 0.3) is 0 Å². The van der Waals surface area contributed by atoms with Crippen molar-refractivity contribution >= 4 is 21.8 Å². The first-order chi connectivity index (χ1) is 17.3. The second-order valence-corrected chi connectivity index (χ2v) is 12.3. The van der Waals surface area contributed by atoms with E-state index in [-0.39, 0.29) is 35.7 Å². The fraction of sp³-hybridized carbons (Fsp3) is 0.500. The Bertz CT molecular complexity index is 1120. The number of carbonyl (C=O) groups is 2. The van der Waals surface area contributed by atoms with E-state index in [0.717, 1.165) is 11.1 Å². The molecule has 0 spiro atoms. The molecule has 0 saturated heterocycles. The molecule has 3 atom stereocenters. The Balaban J connectivity index is 2.36. The minimum Gasteiger partial charge on any atom is -0.390 e. The number of hydrogen-bond acceptors (Lipinski definition) is 5. The average Bonchev–Trinajstić information content (AvgIpc) is 2.82. The molecule has 3 N–H and O–H groups in total. The van der Waals surface area contributed by atoms with Crippen LogP contribution in [0.3, 0.4) is 0 Å². The second kappa shape index (κ2) is 13.7. The van der Waals surface area contributed by atoms with Crippen LogP contribution in [0.1, 0.15) is 45.7 Å². The lowest BCUT2D eigenvalue weighted by Crippen LogP contribution is -2.56. The van der Waals surface area contributed by atoms with E-state index in [1.165, 1.54) is 11.2 Å². The van der Waals surface area contributed by atoms with E-state index >= 15 is 0 Å². The standard InChI is InChI=1S/C28H41N3O5S/c1-19(2)17-31(37(35,36)24-14-12-21(5)13-15-24)18-26(33)25(16-23-10-8-7-9-11-23)30-28(34)27(20(3)4)29-22(6)32/h7-15,19-20,25-27,33H,16-18H2,1-6H3,(H,29,32)(H,30,34)/t25-,26+,27?/m0/s1. The number of benzene rings is 2. The number of aryl methyl sites for hydroxylation is 1. The summed E-state index contributed by atoms with van der Waals surface area (Å²) in [7, 11) is -3.88. The normalized spacial score (nSPS) is 14.4. The highest BCUT2D eigenvalue weighted by atomic mass is 32.2. The molecule has 0 bridgehead atoms. The molecule has 2 rings (SSSR count). The molecule has 0 saturated carbocycles. The molecular formula is C28H41N3O5S. The molecular weight excluding hydrogens is 490 g/mol. The van der Waals surface area contributed by atoms with Crippen molar-refractivity contribution in [2.45, 2.75) is 71.0 Å². The highest BCUT2D eigenvalue weighted by Crippen LogP contribution is 2.20. The first-order valence-corrected chi connectivity index (χ1v) is 14.1. The van der Waals surface area contributed by atoms with Crippen LogP contribution in [-0.4, -0.2) is 60.9 Å². The molecule has 0 aliphatic heterocycles. The van der Waals surface area contributed by atoms with Crippen molar-refractivity contribution < 1.29 is 23.1 Å². The van der Waals surface area contributed by atoms with E-state index in [0.29, 0.717) is 6.42 Å². The zero-order chi connectivity index (χ0) is 27.8. The Kier molecular flexibility index (Phi) is 11.3. The largest absolute Gasteiger partial charge is 0.390 e. The van der Waals surface area contributed by atoms with Crippen LogP contribution in [-0.2, 0) is 26.0 Å². The lowest BCUT2D eigenvalue weighted by molar-refractivity contribution is -0.130. The highest BCUT2D eigenvalue weighted by Gasteiger charge is 2.33. The molecule has 0 aromatic heterocycles. The van der Waals surface area contributed by atoms with Gasteiger partial charge in [-0.05, 0) is 42.9 Å². The zero-order valence-electron chi connectivity index (χ0n) is 22.6. The minimum absolute atomic E-state index is 0.0136. The fourth-order valence-electron chi connectivity index (χ4n) is 4.05. The van der Waals surface area contributed by atoms with Crippen molar-refractivity contribution in [3.05, 3.63) is 65.7 Å². The molecule has 0 radical (unpaired) electrons. The van der Waals surface area contributed by atoms with Gasteiger partial charge in [-0.15, -0.1) is 0 Å². The van der Waals surface area contributed by atoms with Crippen molar-refractivity contribution in [2.24, 2.45) is 11.8 Å². The van der Waals surface area contributed by atoms with E-state index < -0.39 is 34.1 Å². The summed E-state index contributed by atoms with van der Waals surface area (Å²) in [5.41, 5.74) is 1.82. The van der Waals surface area contributed by atoms with Gasteiger partial charge >= 0.3 is 0 Å². The van der Waals surface area contributed by atoms with Gasteiger partial charge in [-0.25, -0.2) is 8.42 Å². The predicted octanol–water partition coefficient (Wildman–Crippen LogP) is 2.89. The summed E-state index contributed by atoms with van der Waals surface area (Å²) in [4.78, 5) is 25.0. The Morgan fingerprint density at radius 1 is 0.919 bits per heavy atom. The molecule has 9 heteroatoms. The summed E-state index contributed by atoms with van der Waals surface area (Å²) in [5, 5.41) is 16.9. The molecule has 0 fully saturated rings. The molecule has 2 amide bonds. The Hall–Kier alpha value is -2.75. The first kappa shape index (κ1) is 30.5. The van der Waals surface area contributed by atoms with Gasteiger partial charge in [0.2, 0.25) is 21.8 Å². The number of carbonyl (C=O) groups excluding carboxylic acids is 2. The van der Waals surface area contributed by atoms with Crippen LogP contribution in [0.5, 0.6) is 0 Å². The van der Waals surface area contributed by atoms with Crippen LogP contribution in [0.15, 0.2) is 59.5 Å². The van der Waals surface area contributed by atoms with E-state index in [9.17, 15) is 23.1 Å². The lowest BCUT2D eigenvalue weighted by atomic mass is 9.98. The van der Waals surface area contributed by atoms with Gasteiger partial charge in [0, 0.05) is 20.0 Å². The summed E-state index contributed by atoms with van der Waals surface area (Å²) in [5.74, 6) is -0.930. The van der Waals surface area contributed by atoms with Crippen molar-refractivity contribution in [1.29, 1.82) is 0 Å². The fourth-order valence-corrected chi connectivity index (χ4v) is 5.67. The molecule has 2 aromatic carbocycles. The van der Waals surface area contributed by atoms with Gasteiger partial charge in [-0.2, -0.15) is 4.31 Å². The van der Waals surface area contributed by atoms with Crippen LogP contribution >= 0.6 is 0 Å². The number of aliphatic hydroxyl groups is 1. The maximum absolute atomic E-state index is 13.5. The SMILES string of the molecule is CC(=O)NC(C(=O)N[C@@H](Cc1ccccc1)[C@H](O)CN(CC(C)C)S(=O)(=O)c1ccc(C)cc1)C(C)C. The maximum Gasteiger partial charge on any atom is 0.243 e. The number of nitrogens with zero attached hydrogens (tertiary/aromatic N) is 1.